The van der Waals surface area contributed by atoms with Gasteiger partial charge >= 0.3 is 0 Å². The number of nitrogens with zero attached hydrogens (tertiary/aromatic N) is 1. The van der Waals surface area contributed by atoms with Crippen molar-refractivity contribution in [3.8, 4) is 6.07 Å². The first-order valence-electron chi connectivity index (χ1n) is 6.27. The number of rotatable bonds is 2. The van der Waals surface area contributed by atoms with E-state index in [1.54, 1.807) is 11.3 Å². The SMILES string of the molecule is N#CC1=C(c2ccccc2)C=C(c2cccs2)CC1=S. The Morgan fingerprint density at radius 3 is 2.55 bits per heavy atom. The van der Waals surface area contributed by atoms with E-state index in [4.69, 9.17) is 12.2 Å². The maximum atomic E-state index is 9.39. The Hall–Kier alpha value is -2.02. The van der Waals surface area contributed by atoms with Crippen LogP contribution < -0.4 is 0 Å². The largest absolute Gasteiger partial charge is 0.192 e. The van der Waals surface area contributed by atoms with Crippen LogP contribution in [0.2, 0.25) is 0 Å². The number of allylic oxidation sites excluding steroid dienone is 4. The number of nitriles is 1. The second-order valence-corrected chi connectivity index (χ2v) is 5.95. The fourth-order valence-corrected chi connectivity index (χ4v) is 3.35. The van der Waals surface area contributed by atoms with Gasteiger partial charge in [-0.15, -0.1) is 11.3 Å². The third-order valence-corrected chi connectivity index (χ3v) is 4.55. The zero-order valence-corrected chi connectivity index (χ0v) is 12.3. The summed E-state index contributed by atoms with van der Waals surface area (Å²) in [4.78, 5) is 1.95. The highest BCUT2D eigenvalue weighted by molar-refractivity contribution is 7.81. The predicted molar refractivity (Wildman–Crippen MR) is 88.5 cm³/mol. The Labute approximate surface area is 127 Å². The quantitative estimate of drug-likeness (QED) is 0.737. The molecular formula is C17H11NS2. The van der Waals surface area contributed by atoms with Crippen LogP contribution in [0.4, 0.5) is 0 Å². The van der Waals surface area contributed by atoms with Crippen molar-refractivity contribution in [2.24, 2.45) is 0 Å². The number of thiocarbonyl (C=S) groups is 1. The van der Waals surface area contributed by atoms with Crippen LogP contribution in [0.3, 0.4) is 0 Å². The van der Waals surface area contributed by atoms with Crippen LogP contribution in [0, 0.1) is 11.3 Å². The molecule has 1 nitrogen and oxygen atoms in total. The topological polar surface area (TPSA) is 23.8 Å². The third-order valence-electron chi connectivity index (χ3n) is 3.25. The smallest absolute Gasteiger partial charge is 0.101 e. The van der Waals surface area contributed by atoms with Crippen LogP contribution >= 0.6 is 23.6 Å². The first-order valence-corrected chi connectivity index (χ1v) is 7.56. The Morgan fingerprint density at radius 1 is 1.10 bits per heavy atom. The van der Waals surface area contributed by atoms with Gasteiger partial charge in [-0.3, -0.25) is 0 Å². The summed E-state index contributed by atoms with van der Waals surface area (Å²) in [6, 6.07) is 16.4. The third kappa shape index (κ3) is 2.36. The minimum Gasteiger partial charge on any atom is -0.192 e. The van der Waals surface area contributed by atoms with Crippen LogP contribution in [0.25, 0.3) is 11.1 Å². The lowest BCUT2D eigenvalue weighted by Crippen LogP contribution is -2.07. The van der Waals surface area contributed by atoms with Crippen molar-refractivity contribution < 1.29 is 0 Å². The maximum absolute atomic E-state index is 9.39. The molecule has 0 radical (unpaired) electrons. The summed E-state index contributed by atoms with van der Waals surface area (Å²) in [5.74, 6) is 0. The summed E-state index contributed by atoms with van der Waals surface area (Å²) >= 11 is 7.14. The van der Waals surface area contributed by atoms with E-state index in [0.717, 1.165) is 16.0 Å². The van der Waals surface area contributed by atoms with E-state index in [-0.39, 0.29) is 0 Å². The standard InChI is InChI=1S/C17H11NS2/c18-11-15-14(12-5-2-1-3-6-12)9-13(10-16(15)19)17-7-4-8-20-17/h1-9H,10H2. The molecule has 1 aliphatic rings. The summed E-state index contributed by atoms with van der Waals surface area (Å²) in [7, 11) is 0. The van der Waals surface area contributed by atoms with Gasteiger partial charge in [0.2, 0.25) is 0 Å². The Kier molecular flexibility index (Phi) is 3.60. The van der Waals surface area contributed by atoms with Gasteiger partial charge in [0.15, 0.2) is 0 Å². The molecule has 0 saturated heterocycles. The molecule has 0 saturated carbocycles. The lowest BCUT2D eigenvalue weighted by Gasteiger charge is -2.17. The van der Waals surface area contributed by atoms with Gasteiger partial charge in [-0.2, -0.15) is 5.26 Å². The van der Waals surface area contributed by atoms with Crippen molar-refractivity contribution in [2.45, 2.75) is 6.42 Å². The number of thiophene rings is 1. The Bertz CT molecular complexity index is 744. The van der Waals surface area contributed by atoms with E-state index in [0.29, 0.717) is 12.0 Å². The van der Waals surface area contributed by atoms with E-state index >= 15 is 0 Å². The normalized spacial score (nSPS) is 14.9. The van der Waals surface area contributed by atoms with E-state index in [1.807, 2.05) is 36.4 Å². The molecule has 1 aromatic carbocycles. The average Bonchev–Trinajstić information content (AvgIpc) is 3.01. The molecule has 0 aliphatic heterocycles. The van der Waals surface area contributed by atoms with Gasteiger partial charge in [-0.25, -0.2) is 0 Å². The lowest BCUT2D eigenvalue weighted by molar-refractivity contribution is 1.45. The molecular weight excluding hydrogens is 282 g/mol. The van der Waals surface area contributed by atoms with Crippen molar-refractivity contribution in [3.63, 3.8) is 0 Å². The van der Waals surface area contributed by atoms with Gasteiger partial charge in [0, 0.05) is 21.7 Å². The molecule has 0 unspecified atom stereocenters. The monoisotopic (exact) mass is 293 g/mol. The van der Waals surface area contributed by atoms with E-state index in [1.165, 1.54) is 10.5 Å². The van der Waals surface area contributed by atoms with E-state index in [9.17, 15) is 5.26 Å². The fourth-order valence-electron chi connectivity index (χ4n) is 2.30. The van der Waals surface area contributed by atoms with Crippen LogP contribution in [-0.4, -0.2) is 4.86 Å². The molecule has 1 heterocycles. The molecule has 3 heteroatoms. The van der Waals surface area contributed by atoms with Gasteiger partial charge in [-0.05, 0) is 28.7 Å². The molecule has 96 valence electrons. The molecule has 3 rings (SSSR count). The highest BCUT2D eigenvalue weighted by Crippen LogP contribution is 2.35. The first kappa shape index (κ1) is 13.0. The van der Waals surface area contributed by atoms with Gasteiger partial charge in [0.1, 0.15) is 6.07 Å². The Balaban J connectivity index is 2.16. The predicted octanol–water partition coefficient (Wildman–Crippen LogP) is 4.88. The molecule has 20 heavy (non-hydrogen) atoms. The number of hydrogen-bond donors (Lipinski definition) is 0. The van der Waals surface area contributed by atoms with Gasteiger partial charge in [-0.1, -0.05) is 48.6 Å². The van der Waals surface area contributed by atoms with Crippen LogP contribution in [0.15, 0.2) is 59.5 Å². The molecule has 0 amide bonds. The fraction of sp³-hybridized carbons (Fsp3) is 0.0588. The van der Waals surface area contributed by atoms with Gasteiger partial charge in [0.25, 0.3) is 0 Å². The molecule has 1 aliphatic carbocycles. The molecule has 0 bridgehead atoms. The minimum atomic E-state index is 0.631. The summed E-state index contributed by atoms with van der Waals surface area (Å²) in [6.07, 6.45) is 2.78. The van der Waals surface area contributed by atoms with Crippen LogP contribution in [0.5, 0.6) is 0 Å². The molecule has 1 aromatic heterocycles. The molecule has 0 N–H and O–H groups in total. The summed E-state index contributed by atoms with van der Waals surface area (Å²) in [5, 5.41) is 11.4. The first-order chi connectivity index (χ1) is 9.79. The summed E-state index contributed by atoms with van der Waals surface area (Å²) in [6.45, 7) is 0. The number of hydrogen-bond acceptors (Lipinski definition) is 3. The van der Waals surface area contributed by atoms with Crippen molar-refractivity contribution in [2.75, 3.05) is 0 Å². The molecule has 0 atom stereocenters. The minimum absolute atomic E-state index is 0.631. The van der Waals surface area contributed by atoms with Crippen LogP contribution in [-0.2, 0) is 0 Å². The molecule has 0 spiro atoms. The zero-order valence-electron chi connectivity index (χ0n) is 10.7. The van der Waals surface area contributed by atoms with Crippen molar-refractivity contribution in [1.82, 2.24) is 0 Å². The van der Waals surface area contributed by atoms with Gasteiger partial charge < -0.3 is 0 Å². The Morgan fingerprint density at radius 2 is 1.90 bits per heavy atom. The van der Waals surface area contributed by atoms with E-state index < -0.39 is 0 Å². The maximum Gasteiger partial charge on any atom is 0.101 e. The number of benzene rings is 1. The molecule has 2 aromatic rings. The highest BCUT2D eigenvalue weighted by atomic mass is 32.1. The van der Waals surface area contributed by atoms with E-state index in [2.05, 4.69) is 23.6 Å². The summed E-state index contributed by atoms with van der Waals surface area (Å²) in [5.41, 5.74) is 3.81. The van der Waals surface area contributed by atoms with Gasteiger partial charge in [0.05, 0.1) is 5.57 Å². The average molecular weight is 293 g/mol. The molecule has 0 fully saturated rings. The van der Waals surface area contributed by atoms with Crippen molar-refractivity contribution in [1.29, 1.82) is 5.26 Å². The summed E-state index contributed by atoms with van der Waals surface area (Å²) < 4.78 is 0. The van der Waals surface area contributed by atoms with Crippen molar-refractivity contribution in [3.05, 3.63) is 69.9 Å². The van der Waals surface area contributed by atoms with Crippen LogP contribution in [0.1, 0.15) is 16.9 Å². The second kappa shape index (κ2) is 5.54. The zero-order chi connectivity index (χ0) is 13.9. The second-order valence-electron chi connectivity index (χ2n) is 4.51. The lowest BCUT2D eigenvalue weighted by atomic mass is 9.88. The van der Waals surface area contributed by atoms with Crippen molar-refractivity contribution >= 4 is 39.6 Å². The highest BCUT2D eigenvalue weighted by Gasteiger charge is 2.20.